The molecule has 3 aliphatic heterocycles. The van der Waals surface area contributed by atoms with E-state index in [0.717, 1.165) is 18.5 Å². The zero-order valence-electron chi connectivity index (χ0n) is 13.1. The van der Waals surface area contributed by atoms with Crippen LogP contribution >= 0.6 is 0 Å². The average molecular weight is 285 g/mol. The van der Waals surface area contributed by atoms with Gasteiger partial charge in [0.05, 0.1) is 0 Å². The number of nitrogens with one attached hydrogen (secondary N) is 1. The molecule has 1 aromatic rings. The normalized spacial score (nSPS) is 33.3. The summed E-state index contributed by atoms with van der Waals surface area (Å²) in [5, 5.41) is 3.57. The van der Waals surface area contributed by atoms with Crippen molar-refractivity contribution in [2.45, 2.75) is 31.2 Å². The minimum atomic E-state index is 0.680. The van der Waals surface area contributed by atoms with Crippen molar-refractivity contribution in [1.29, 1.82) is 0 Å². The summed E-state index contributed by atoms with van der Waals surface area (Å²) in [7, 11) is 2.32. The molecule has 3 unspecified atom stereocenters. The number of likely N-dealkylation sites (tertiary alicyclic amines) is 2. The molecule has 0 spiro atoms. The lowest BCUT2D eigenvalue weighted by atomic mass is 9.84. The Hall–Kier alpha value is -1.06. The van der Waals surface area contributed by atoms with Gasteiger partial charge >= 0.3 is 0 Å². The second kappa shape index (κ2) is 5.62. The van der Waals surface area contributed by atoms with Crippen molar-refractivity contribution in [3.63, 3.8) is 0 Å². The SMILES string of the molecule is CN1CCCC2CN(CC3CNc4ccccc43)CCC21. The third-order valence-corrected chi connectivity index (χ3v) is 5.85. The van der Waals surface area contributed by atoms with Crippen molar-refractivity contribution in [3.8, 4) is 0 Å². The van der Waals surface area contributed by atoms with E-state index in [1.165, 1.54) is 56.7 Å². The first-order valence-corrected chi connectivity index (χ1v) is 8.56. The quantitative estimate of drug-likeness (QED) is 0.901. The van der Waals surface area contributed by atoms with Crippen molar-refractivity contribution < 1.29 is 0 Å². The van der Waals surface area contributed by atoms with Gasteiger partial charge in [-0.1, -0.05) is 18.2 Å². The zero-order chi connectivity index (χ0) is 14.2. The fourth-order valence-corrected chi connectivity index (χ4v) is 4.73. The summed E-state index contributed by atoms with van der Waals surface area (Å²) < 4.78 is 0. The molecular weight excluding hydrogens is 258 g/mol. The van der Waals surface area contributed by atoms with Crippen LogP contribution in [-0.4, -0.2) is 55.6 Å². The number of para-hydroxylation sites is 1. The van der Waals surface area contributed by atoms with Crippen molar-refractivity contribution in [2.24, 2.45) is 5.92 Å². The predicted molar refractivity (Wildman–Crippen MR) is 87.9 cm³/mol. The average Bonchev–Trinajstić information content (AvgIpc) is 2.91. The van der Waals surface area contributed by atoms with Crippen LogP contribution in [-0.2, 0) is 0 Å². The number of piperidine rings is 2. The molecule has 0 aliphatic carbocycles. The monoisotopic (exact) mass is 285 g/mol. The Morgan fingerprint density at radius 3 is 3.05 bits per heavy atom. The minimum absolute atomic E-state index is 0.680. The standard InChI is InChI=1S/C18H27N3/c1-20-9-4-5-14-12-21(10-8-18(14)20)13-15-11-19-17-7-3-2-6-16(15)17/h2-3,6-7,14-15,18-19H,4-5,8-13H2,1H3. The molecule has 0 saturated carbocycles. The summed E-state index contributed by atoms with van der Waals surface area (Å²) in [6, 6.07) is 9.70. The highest BCUT2D eigenvalue weighted by Gasteiger charge is 2.35. The van der Waals surface area contributed by atoms with Crippen LogP contribution in [0, 0.1) is 5.92 Å². The molecule has 3 atom stereocenters. The number of nitrogens with zero attached hydrogens (tertiary/aromatic N) is 2. The maximum absolute atomic E-state index is 3.57. The van der Waals surface area contributed by atoms with E-state index in [4.69, 9.17) is 0 Å². The van der Waals surface area contributed by atoms with E-state index in [2.05, 4.69) is 46.4 Å². The summed E-state index contributed by atoms with van der Waals surface area (Å²) in [6.45, 7) is 6.25. The van der Waals surface area contributed by atoms with E-state index >= 15 is 0 Å². The van der Waals surface area contributed by atoms with Crippen LogP contribution in [0.15, 0.2) is 24.3 Å². The van der Waals surface area contributed by atoms with E-state index in [1.54, 1.807) is 0 Å². The number of benzene rings is 1. The van der Waals surface area contributed by atoms with E-state index < -0.39 is 0 Å². The van der Waals surface area contributed by atoms with Crippen LogP contribution in [0.1, 0.15) is 30.7 Å². The van der Waals surface area contributed by atoms with Gasteiger partial charge < -0.3 is 15.1 Å². The molecule has 21 heavy (non-hydrogen) atoms. The van der Waals surface area contributed by atoms with Crippen molar-refractivity contribution in [2.75, 3.05) is 45.1 Å². The lowest BCUT2D eigenvalue weighted by Crippen LogP contribution is -2.53. The molecule has 0 bridgehead atoms. The fourth-order valence-electron chi connectivity index (χ4n) is 4.73. The molecule has 4 rings (SSSR count). The second-order valence-electron chi connectivity index (χ2n) is 7.16. The zero-order valence-corrected chi connectivity index (χ0v) is 13.1. The van der Waals surface area contributed by atoms with Gasteiger partial charge in [0.15, 0.2) is 0 Å². The van der Waals surface area contributed by atoms with Crippen molar-refractivity contribution in [3.05, 3.63) is 29.8 Å². The molecule has 2 fully saturated rings. The van der Waals surface area contributed by atoms with E-state index in [9.17, 15) is 0 Å². The highest BCUT2D eigenvalue weighted by atomic mass is 15.2. The highest BCUT2D eigenvalue weighted by Crippen LogP contribution is 2.34. The number of rotatable bonds is 2. The lowest BCUT2D eigenvalue weighted by molar-refractivity contribution is 0.0368. The van der Waals surface area contributed by atoms with Crippen LogP contribution in [0.25, 0.3) is 0 Å². The first-order valence-electron chi connectivity index (χ1n) is 8.56. The number of hydrogen-bond acceptors (Lipinski definition) is 3. The molecule has 0 aromatic heterocycles. The molecule has 3 heterocycles. The summed E-state index contributed by atoms with van der Waals surface area (Å²) in [5.74, 6) is 1.58. The van der Waals surface area contributed by atoms with Gasteiger partial charge in [-0.05, 0) is 56.9 Å². The highest BCUT2D eigenvalue weighted by molar-refractivity contribution is 5.57. The lowest BCUT2D eigenvalue weighted by Gasteiger charge is -2.46. The van der Waals surface area contributed by atoms with Crippen LogP contribution < -0.4 is 5.32 Å². The van der Waals surface area contributed by atoms with E-state index in [0.29, 0.717) is 5.92 Å². The first-order chi connectivity index (χ1) is 10.3. The largest absolute Gasteiger partial charge is 0.384 e. The third-order valence-electron chi connectivity index (χ3n) is 5.85. The minimum Gasteiger partial charge on any atom is -0.384 e. The molecule has 0 amide bonds. The van der Waals surface area contributed by atoms with E-state index in [-0.39, 0.29) is 0 Å². The summed E-state index contributed by atoms with van der Waals surface area (Å²) >= 11 is 0. The molecule has 0 radical (unpaired) electrons. The maximum Gasteiger partial charge on any atom is 0.0376 e. The number of anilines is 1. The van der Waals surface area contributed by atoms with Gasteiger partial charge in [0.25, 0.3) is 0 Å². The molecule has 1 N–H and O–H groups in total. The molecule has 3 nitrogen and oxygen atoms in total. The Balaban J connectivity index is 1.41. The molecular formula is C18H27N3. The summed E-state index contributed by atoms with van der Waals surface area (Å²) in [5.41, 5.74) is 2.88. The molecule has 114 valence electrons. The first kappa shape index (κ1) is 13.6. The van der Waals surface area contributed by atoms with Crippen LogP contribution in [0.5, 0.6) is 0 Å². The van der Waals surface area contributed by atoms with Crippen molar-refractivity contribution in [1.82, 2.24) is 9.80 Å². The Labute approximate surface area is 128 Å². The predicted octanol–water partition coefficient (Wildman–Crippen LogP) is 2.61. The van der Waals surface area contributed by atoms with Crippen LogP contribution in [0.4, 0.5) is 5.69 Å². The van der Waals surface area contributed by atoms with Crippen LogP contribution in [0.3, 0.4) is 0 Å². The fraction of sp³-hybridized carbons (Fsp3) is 0.667. The van der Waals surface area contributed by atoms with Gasteiger partial charge in [-0.2, -0.15) is 0 Å². The molecule has 3 aliphatic rings. The number of fused-ring (bicyclic) bond motifs is 2. The Bertz CT molecular complexity index is 501. The second-order valence-corrected chi connectivity index (χ2v) is 7.16. The van der Waals surface area contributed by atoms with E-state index in [1.807, 2.05) is 0 Å². The Kier molecular flexibility index (Phi) is 3.64. The van der Waals surface area contributed by atoms with Gasteiger partial charge in [-0.15, -0.1) is 0 Å². The topological polar surface area (TPSA) is 18.5 Å². The molecule has 2 saturated heterocycles. The van der Waals surface area contributed by atoms with Gasteiger partial charge in [-0.25, -0.2) is 0 Å². The third kappa shape index (κ3) is 2.58. The smallest absolute Gasteiger partial charge is 0.0376 e. The van der Waals surface area contributed by atoms with Gasteiger partial charge in [0.1, 0.15) is 0 Å². The van der Waals surface area contributed by atoms with Gasteiger partial charge in [-0.3, -0.25) is 0 Å². The maximum atomic E-state index is 3.57. The van der Waals surface area contributed by atoms with Crippen molar-refractivity contribution >= 4 is 5.69 Å². The van der Waals surface area contributed by atoms with Gasteiger partial charge in [0.2, 0.25) is 0 Å². The van der Waals surface area contributed by atoms with Crippen LogP contribution in [0.2, 0.25) is 0 Å². The van der Waals surface area contributed by atoms with Gasteiger partial charge in [0, 0.05) is 37.3 Å². The Morgan fingerprint density at radius 1 is 1.19 bits per heavy atom. The Morgan fingerprint density at radius 2 is 2.10 bits per heavy atom. The molecule has 1 aromatic carbocycles. The number of hydrogen-bond donors (Lipinski definition) is 1. The summed E-state index contributed by atoms with van der Waals surface area (Å²) in [4.78, 5) is 5.34. The summed E-state index contributed by atoms with van der Waals surface area (Å²) in [6.07, 6.45) is 4.19. The molecule has 3 heteroatoms.